The summed E-state index contributed by atoms with van der Waals surface area (Å²) >= 11 is 9.44. The van der Waals surface area contributed by atoms with E-state index in [1.165, 1.54) is 5.56 Å². The van der Waals surface area contributed by atoms with Crippen LogP contribution in [0.3, 0.4) is 0 Å². The van der Waals surface area contributed by atoms with Crippen LogP contribution in [-0.2, 0) is 11.2 Å². The topological polar surface area (TPSA) is 29.5 Å². The molecule has 0 saturated carbocycles. The number of halogens is 2. The molecule has 2 aromatic rings. The second-order valence-electron chi connectivity index (χ2n) is 5.31. The second-order valence-corrected chi connectivity index (χ2v) is 6.63. The van der Waals surface area contributed by atoms with Crippen molar-refractivity contribution in [2.45, 2.75) is 19.4 Å². The minimum atomic E-state index is -0.0589. The van der Waals surface area contributed by atoms with Gasteiger partial charge in [-0.25, -0.2) is 0 Å². The fraction of sp³-hybridized carbons (Fsp3) is 0.235. The Balaban J connectivity index is 1.72. The highest BCUT2D eigenvalue weighted by molar-refractivity contribution is 9.10. The van der Waals surface area contributed by atoms with Crippen LogP contribution in [0.25, 0.3) is 0 Å². The summed E-state index contributed by atoms with van der Waals surface area (Å²) in [4.78, 5) is 14.3. The van der Waals surface area contributed by atoms with Gasteiger partial charge in [-0.05, 0) is 43.2 Å². The second kappa shape index (κ2) is 6.31. The van der Waals surface area contributed by atoms with Crippen molar-refractivity contribution in [3.63, 3.8) is 0 Å². The molecule has 3 rings (SSSR count). The van der Waals surface area contributed by atoms with Crippen molar-refractivity contribution < 1.29 is 9.53 Å². The molecule has 1 aliphatic rings. The normalized spacial score (nSPS) is 16.5. The molecule has 0 spiro atoms. The molecular weight excluding hydrogens is 366 g/mol. The molecule has 2 aromatic carbocycles. The van der Waals surface area contributed by atoms with E-state index in [4.69, 9.17) is 16.3 Å². The van der Waals surface area contributed by atoms with E-state index in [2.05, 4.69) is 22.0 Å². The van der Waals surface area contributed by atoms with E-state index in [-0.39, 0.29) is 18.6 Å². The third kappa shape index (κ3) is 2.99. The lowest BCUT2D eigenvalue weighted by Crippen LogP contribution is -2.39. The molecule has 22 heavy (non-hydrogen) atoms. The van der Waals surface area contributed by atoms with Crippen LogP contribution in [0.4, 0.5) is 5.69 Å². The molecule has 114 valence electrons. The fourth-order valence-corrected chi connectivity index (χ4v) is 3.47. The molecule has 1 unspecified atom stereocenters. The van der Waals surface area contributed by atoms with Gasteiger partial charge in [0.1, 0.15) is 5.75 Å². The number of nitrogens with zero attached hydrogens (tertiary/aromatic N) is 1. The maximum Gasteiger partial charge on any atom is 0.265 e. The average Bonchev–Trinajstić information content (AvgIpc) is 2.82. The predicted molar refractivity (Wildman–Crippen MR) is 91.7 cm³/mol. The number of benzene rings is 2. The monoisotopic (exact) mass is 379 g/mol. The van der Waals surface area contributed by atoms with Crippen LogP contribution in [0, 0.1) is 0 Å². The molecule has 0 N–H and O–H groups in total. The van der Waals surface area contributed by atoms with Crippen molar-refractivity contribution in [2.24, 2.45) is 0 Å². The molecule has 1 atom stereocenters. The van der Waals surface area contributed by atoms with Gasteiger partial charge in [-0.2, -0.15) is 0 Å². The van der Waals surface area contributed by atoms with Crippen molar-refractivity contribution >= 4 is 39.1 Å². The van der Waals surface area contributed by atoms with Crippen LogP contribution in [0.5, 0.6) is 5.75 Å². The zero-order chi connectivity index (χ0) is 15.7. The summed E-state index contributed by atoms with van der Waals surface area (Å²) < 4.78 is 6.46. The molecular formula is C17H15BrClNO2. The van der Waals surface area contributed by atoms with E-state index in [1.54, 1.807) is 12.1 Å². The van der Waals surface area contributed by atoms with E-state index in [1.807, 2.05) is 36.1 Å². The lowest BCUT2D eigenvalue weighted by atomic mass is 10.1. The van der Waals surface area contributed by atoms with Crippen molar-refractivity contribution in [1.29, 1.82) is 0 Å². The number of fused-ring (bicyclic) bond motifs is 1. The van der Waals surface area contributed by atoms with Crippen LogP contribution in [0.15, 0.2) is 46.9 Å². The van der Waals surface area contributed by atoms with E-state index in [0.29, 0.717) is 10.8 Å². The van der Waals surface area contributed by atoms with Gasteiger partial charge in [0.25, 0.3) is 5.91 Å². The first-order valence-corrected chi connectivity index (χ1v) is 8.21. The number of amides is 1. The molecule has 0 aromatic heterocycles. The van der Waals surface area contributed by atoms with E-state index >= 15 is 0 Å². The third-order valence-electron chi connectivity index (χ3n) is 3.72. The van der Waals surface area contributed by atoms with Gasteiger partial charge in [0.2, 0.25) is 0 Å². The maximum atomic E-state index is 12.5. The van der Waals surface area contributed by atoms with Crippen molar-refractivity contribution in [1.82, 2.24) is 0 Å². The summed E-state index contributed by atoms with van der Waals surface area (Å²) in [5.74, 6) is 0.454. The van der Waals surface area contributed by atoms with Crippen LogP contribution >= 0.6 is 27.5 Å². The molecule has 0 radical (unpaired) electrons. The first kappa shape index (κ1) is 15.4. The third-order valence-corrected chi connectivity index (χ3v) is 4.51. The Morgan fingerprint density at radius 3 is 2.91 bits per heavy atom. The van der Waals surface area contributed by atoms with Crippen LogP contribution in [0.1, 0.15) is 12.5 Å². The Morgan fingerprint density at radius 1 is 1.36 bits per heavy atom. The van der Waals surface area contributed by atoms with E-state index in [0.717, 1.165) is 16.6 Å². The SMILES string of the molecule is CC1Cc2ccccc2N1C(=O)COc1ccc(Br)cc1Cl. The summed E-state index contributed by atoms with van der Waals surface area (Å²) in [7, 11) is 0. The Kier molecular flexibility index (Phi) is 4.41. The quantitative estimate of drug-likeness (QED) is 0.787. The summed E-state index contributed by atoms with van der Waals surface area (Å²) in [5, 5.41) is 0.483. The Bertz CT molecular complexity index is 720. The molecule has 3 nitrogen and oxygen atoms in total. The van der Waals surface area contributed by atoms with Crippen molar-refractivity contribution in [2.75, 3.05) is 11.5 Å². The molecule has 0 saturated heterocycles. The predicted octanol–water partition coefficient (Wildman–Crippen LogP) is 4.46. The lowest BCUT2D eigenvalue weighted by molar-refractivity contribution is -0.120. The number of ether oxygens (including phenoxy) is 1. The Hall–Kier alpha value is -1.52. The first-order valence-electron chi connectivity index (χ1n) is 7.04. The number of hydrogen-bond donors (Lipinski definition) is 0. The summed E-state index contributed by atoms with van der Waals surface area (Å²) in [6, 6.07) is 13.5. The van der Waals surface area contributed by atoms with Gasteiger partial charge >= 0.3 is 0 Å². The number of hydrogen-bond acceptors (Lipinski definition) is 2. The number of anilines is 1. The minimum absolute atomic E-state index is 0.0278. The smallest absolute Gasteiger partial charge is 0.265 e. The van der Waals surface area contributed by atoms with E-state index < -0.39 is 0 Å². The molecule has 0 aliphatic carbocycles. The van der Waals surface area contributed by atoms with Crippen LogP contribution in [0.2, 0.25) is 5.02 Å². The summed E-state index contributed by atoms with van der Waals surface area (Å²) in [6.07, 6.45) is 0.876. The number of carbonyl (C=O) groups is 1. The first-order chi connectivity index (χ1) is 10.6. The molecule has 1 amide bonds. The fourth-order valence-electron chi connectivity index (χ4n) is 2.75. The number of para-hydroxylation sites is 1. The highest BCUT2D eigenvalue weighted by Gasteiger charge is 2.30. The maximum absolute atomic E-state index is 12.5. The molecule has 0 fully saturated rings. The van der Waals surface area contributed by atoms with Crippen molar-refractivity contribution in [3.8, 4) is 5.75 Å². The van der Waals surface area contributed by atoms with Crippen LogP contribution in [-0.4, -0.2) is 18.6 Å². The largest absolute Gasteiger partial charge is 0.482 e. The number of carbonyl (C=O) groups excluding carboxylic acids is 1. The van der Waals surface area contributed by atoms with E-state index in [9.17, 15) is 4.79 Å². The average molecular weight is 381 g/mol. The van der Waals surface area contributed by atoms with Gasteiger partial charge in [0.15, 0.2) is 6.61 Å². The lowest BCUT2D eigenvalue weighted by Gasteiger charge is -2.22. The Morgan fingerprint density at radius 2 is 2.14 bits per heavy atom. The summed E-state index contributed by atoms with van der Waals surface area (Å²) in [6.45, 7) is 2.02. The van der Waals surface area contributed by atoms with Crippen molar-refractivity contribution in [3.05, 3.63) is 57.5 Å². The molecule has 5 heteroatoms. The van der Waals surface area contributed by atoms with Gasteiger partial charge in [-0.3, -0.25) is 4.79 Å². The molecule has 1 aliphatic heterocycles. The number of rotatable bonds is 3. The van der Waals surface area contributed by atoms with Gasteiger partial charge in [-0.15, -0.1) is 0 Å². The molecule has 1 heterocycles. The highest BCUT2D eigenvalue weighted by atomic mass is 79.9. The van der Waals surface area contributed by atoms with Gasteiger partial charge in [0, 0.05) is 16.2 Å². The zero-order valence-electron chi connectivity index (χ0n) is 12.1. The van der Waals surface area contributed by atoms with Gasteiger partial charge in [-0.1, -0.05) is 45.7 Å². The zero-order valence-corrected chi connectivity index (χ0v) is 14.4. The highest BCUT2D eigenvalue weighted by Crippen LogP contribution is 2.32. The van der Waals surface area contributed by atoms with Gasteiger partial charge < -0.3 is 9.64 Å². The standard InChI is InChI=1S/C17H15BrClNO2/c1-11-8-12-4-2-3-5-15(12)20(11)17(21)10-22-16-7-6-13(18)9-14(16)19/h2-7,9,11H,8,10H2,1H3. The molecule has 0 bridgehead atoms. The summed E-state index contributed by atoms with van der Waals surface area (Å²) in [5.41, 5.74) is 2.18. The Labute approximate surface area is 143 Å². The van der Waals surface area contributed by atoms with Crippen LogP contribution < -0.4 is 9.64 Å². The minimum Gasteiger partial charge on any atom is -0.482 e. The van der Waals surface area contributed by atoms with Gasteiger partial charge in [0.05, 0.1) is 5.02 Å².